The van der Waals surface area contributed by atoms with E-state index >= 15 is 0 Å². The van der Waals surface area contributed by atoms with Gasteiger partial charge in [0.25, 0.3) is 0 Å². The molecular weight excluding hydrogens is 332 g/mol. The molecule has 1 aliphatic rings. The Bertz CT molecular complexity index is 697. The van der Waals surface area contributed by atoms with Crippen LogP contribution >= 0.6 is 11.6 Å². The van der Waals surface area contributed by atoms with Crippen molar-refractivity contribution in [3.8, 4) is 11.3 Å². The van der Waals surface area contributed by atoms with Crippen molar-refractivity contribution in [2.75, 3.05) is 19.6 Å². The quantitative estimate of drug-likeness (QED) is 0.687. The van der Waals surface area contributed by atoms with Crippen molar-refractivity contribution in [2.24, 2.45) is 7.05 Å². The molecule has 1 fully saturated rings. The summed E-state index contributed by atoms with van der Waals surface area (Å²) in [5.41, 5.74) is 4.06. The van der Waals surface area contributed by atoms with Gasteiger partial charge in [-0.05, 0) is 56.1 Å². The van der Waals surface area contributed by atoms with E-state index in [2.05, 4.69) is 4.90 Å². The molecule has 25 heavy (non-hydrogen) atoms. The molecule has 1 aromatic carbocycles. The zero-order valence-corrected chi connectivity index (χ0v) is 16.6. The number of halogens is 1. The lowest BCUT2D eigenvalue weighted by Gasteiger charge is -2.25. The number of aromatic nitrogens is 1. The standard InChI is InChI=1S/C19H23ClN2O.C2H6/c1-14-17(18(23)13-22-10-4-3-5-11-22)12-21(2)19(14)15-6-8-16(20)9-7-15;1-2/h6-9,12H,3-5,10-11,13H2,1-2H3;1-2H3. The van der Waals surface area contributed by atoms with Gasteiger partial charge in [-0.15, -0.1) is 0 Å². The van der Waals surface area contributed by atoms with E-state index in [1.54, 1.807) is 0 Å². The Morgan fingerprint density at radius 2 is 1.68 bits per heavy atom. The molecule has 3 nitrogen and oxygen atoms in total. The van der Waals surface area contributed by atoms with E-state index in [0.29, 0.717) is 6.54 Å². The van der Waals surface area contributed by atoms with Crippen LogP contribution in [0, 0.1) is 6.92 Å². The number of rotatable bonds is 4. The smallest absolute Gasteiger partial charge is 0.178 e. The van der Waals surface area contributed by atoms with Crippen molar-refractivity contribution in [1.29, 1.82) is 0 Å². The predicted molar refractivity (Wildman–Crippen MR) is 107 cm³/mol. The van der Waals surface area contributed by atoms with E-state index < -0.39 is 0 Å². The zero-order valence-electron chi connectivity index (χ0n) is 15.8. The fourth-order valence-electron chi connectivity index (χ4n) is 3.46. The van der Waals surface area contributed by atoms with Crippen LogP contribution in [0.3, 0.4) is 0 Å². The maximum Gasteiger partial charge on any atom is 0.178 e. The van der Waals surface area contributed by atoms with E-state index in [1.807, 2.05) is 62.8 Å². The second kappa shape index (κ2) is 9.21. The number of hydrogen-bond acceptors (Lipinski definition) is 2. The highest BCUT2D eigenvalue weighted by molar-refractivity contribution is 6.30. The molecule has 136 valence electrons. The van der Waals surface area contributed by atoms with Crippen LogP contribution in [-0.2, 0) is 7.05 Å². The van der Waals surface area contributed by atoms with Gasteiger partial charge in [-0.1, -0.05) is 44.0 Å². The van der Waals surface area contributed by atoms with Crippen LogP contribution < -0.4 is 0 Å². The molecule has 0 saturated carbocycles. The summed E-state index contributed by atoms with van der Waals surface area (Å²) in [6.45, 7) is 8.65. The number of aryl methyl sites for hydroxylation is 1. The zero-order chi connectivity index (χ0) is 18.4. The average molecular weight is 361 g/mol. The fraction of sp³-hybridized carbons (Fsp3) is 0.476. The minimum absolute atomic E-state index is 0.222. The molecule has 2 heterocycles. The Morgan fingerprint density at radius 1 is 1.08 bits per heavy atom. The average Bonchev–Trinajstić information content (AvgIpc) is 2.93. The van der Waals surface area contributed by atoms with E-state index in [-0.39, 0.29) is 5.78 Å². The van der Waals surface area contributed by atoms with Crippen molar-refractivity contribution in [3.63, 3.8) is 0 Å². The third-order valence-corrected chi connectivity index (χ3v) is 4.92. The normalized spacial score (nSPS) is 14.8. The fourth-order valence-corrected chi connectivity index (χ4v) is 3.59. The van der Waals surface area contributed by atoms with Gasteiger partial charge in [0.15, 0.2) is 5.78 Å². The van der Waals surface area contributed by atoms with Gasteiger partial charge in [0.05, 0.1) is 12.2 Å². The first-order chi connectivity index (χ1) is 12.1. The summed E-state index contributed by atoms with van der Waals surface area (Å²) in [6, 6.07) is 7.78. The molecule has 0 radical (unpaired) electrons. The van der Waals surface area contributed by atoms with Gasteiger partial charge in [0.2, 0.25) is 0 Å². The van der Waals surface area contributed by atoms with Gasteiger partial charge in [0.1, 0.15) is 0 Å². The van der Waals surface area contributed by atoms with E-state index in [9.17, 15) is 4.79 Å². The molecule has 0 aliphatic carbocycles. The van der Waals surface area contributed by atoms with E-state index in [1.165, 1.54) is 19.3 Å². The van der Waals surface area contributed by atoms with Crippen molar-refractivity contribution >= 4 is 17.4 Å². The van der Waals surface area contributed by atoms with E-state index in [4.69, 9.17) is 11.6 Å². The molecule has 0 spiro atoms. The maximum atomic E-state index is 12.7. The van der Waals surface area contributed by atoms with Crippen molar-refractivity contribution in [2.45, 2.75) is 40.0 Å². The van der Waals surface area contributed by atoms with Crippen molar-refractivity contribution in [1.82, 2.24) is 9.47 Å². The third kappa shape index (κ3) is 4.74. The monoisotopic (exact) mass is 360 g/mol. The number of likely N-dealkylation sites (tertiary alicyclic amines) is 1. The molecule has 2 aromatic rings. The molecule has 1 aromatic heterocycles. The summed E-state index contributed by atoms with van der Waals surface area (Å²) in [4.78, 5) is 15.0. The molecule has 1 aliphatic heterocycles. The maximum absolute atomic E-state index is 12.7. The Kier molecular flexibility index (Phi) is 7.27. The summed E-state index contributed by atoms with van der Waals surface area (Å²) in [5, 5.41) is 0.724. The van der Waals surface area contributed by atoms with Gasteiger partial charge in [-0.3, -0.25) is 9.69 Å². The van der Waals surface area contributed by atoms with Crippen LogP contribution in [0.1, 0.15) is 49.0 Å². The minimum atomic E-state index is 0.222. The number of piperidine rings is 1. The first-order valence-electron chi connectivity index (χ1n) is 9.23. The van der Waals surface area contributed by atoms with Gasteiger partial charge < -0.3 is 4.57 Å². The first kappa shape index (κ1) is 19.7. The van der Waals surface area contributed by atoms with Gasteiger partial charge >= 0.3 is 0 Å². The highest BCUT2D eigenvalue weighted by Gasteiger charge is 2.20. The van der Waals surface area contributed by atoms with Crippen LogP contribution in [-0.4, -0.2) is 34.9 Å². The number of Topliss-reactive ketones (excluding diaryl/α,β-unsaturated/α-hetero) is 1. The highest BCUT2D eigenvalue weighted by atomic mass is 35.5. The topological polar surface area (TPSA) is 25.2 Å². The van der Waals surface area contributed by atoms with Crippen LogP contribution in [0.2, 0.25) is 5.02 Å². The molecule has 0 unspecified atom stereocenters. The molecule has 0 bridgehead atoms. The van der Waals surface area contributed by atoms with Crippen LogP contribution in [0.5, 0.6) is 0 Å². The molecule has 3 rings (SSSR count). The predicted octanol–water partition coefficient (Wildman–Crippen LogP) is 5.35. The molecule has 0 amide bonds. The van der Waals surface area contributed by atoms with Crippen molar-refractivity contribution < 1.29 is 4.79 Å². The van der Waals surface area contributed by atoms with Crippen molar-refractivity contribution in [3.05, 3.63) is 46.6 Å². The Hall–Kier alpha value is -1.58. The minimum Gasteiger partial charge on any atom is -0.350 e. The highest BCUT2D eigenvalue weighted by Crippen LogP contribution is 2.28. The lowest BCUT2D eigenvalue weighted by Crippen LogP contribution is -2.34. The Morgan fingerprint density at radius 3 is 2.28 bits per heavy atom. The number of hydrogen-bond donors (Lipinski definition) is 0. The van der Waals surface area contributed by atoms with Crippen LogP contribution in [0.25, 0.3) is 11.3 Å². The largest absolute Gasteiger partial charge is 0.350 e. The number of benzene rings is 1. The number of carbonyl (C=O) groups is 1. The number of nitrogens with zero attached hydrogens (tertiary/aromatic N) is 2. The second-order valence-corrected chi connectivity index (χ2v) is 6.83. The summed E-state index contributed by atoms with van der Waals surface area (Å²) in [6.07, 6.45) is 5.66. The van der Waals surface area contributed by atoms with Gasteiger partial charge in [0, 0.05) is 23.8 Å². The molecule has 0 atom stereocenters. The van der Waals surface area contributed by atoms with E-state index in [0.717, 1.165) is 40.5 Å². The molecule has 4 heteroatoms. The molecular formula is C21H29ClN2O. The van der Waals surface area contributed by atoms with Gasteiger partial charge in [-0.2, -0.15) is 0 Å². The van der Waals surface area contributed by atoms with Crippen LogP contribution in [0.4, 0.5) is 0 Å². The Labute approximate surface area is 156 Å². The summed E-state index contributed by atoms with van der Waals surface area (Å²) < 4.78 is 2.04. The Balaban J connectivity index is 0.00000109. The van der Waals surface area contributed by atoms with Crippen LogP contribution in [0.15, 0.2) is 30.5 Å². The summed E-state index contributed by atoms with van der Waals surface area (Å²) >= 11 is 5.98. The second-order valence-electron chi connectivity index (χ2n) is 6.39. The summed E-state index contributed by atoms with van der Waals surface area (Å²) in [7, 11) is 1.99. The third-order valence-electron chi connectivity index (χ3n) is 4.67. The number of carbonyl (C=O) groups excluding carboxylic acids is 1. The lowest BCUT2D eigenvalue weighted by molar-refractivity contribution is 0.0915. The number of ketones is 1. The molecule has 0 N–H and O–H groups in total. The van der Waals surface area contributed by atoms with Gasteiger partial charge in [-0.25, -0.2) is 0 Å². The SMILES string of the molecule is CC.Cc1c(C(=O)CN2CCCCC2)cn(C)c1-c1ccc(Cl)cc1. The first-order valence-corrected chi connectivity index (χ1v) is 9.61. The molecule has 1 saturated heterocycles. The summed E-state index contributed by atoms with van der Waals surface area (Å²) in [5.74, 6) is 0.222. The lowest BCUT2D eigenvalue weighted by atomic mass is 10.0.